The summed E-state index contributed by atoms with van der Waals surface area (Å²) in [6.45, 7) is 8.73. The molecule has 1 nitrogen and oxygen atoms in total. The van der Waals surface area contributed by atoms with E-state index in [1.54, 1.807) is 0 Å². The van der Waals surface area contributed by atoms with E-state index < -0.39 is 0 Å². The van der Waals surface area contributed by atoms with Gasteiger partial charge in [-0.3, -0.25) is 0 Å². The molecule has 16 heavy (non-hydrogen) atoms. The first-order chi connectivity index (χ1) is 7.34. The lowest BCUT2D eigenvalue weighted by Gasteiger charge is -2.20. The zero-order valence-corrected chi connectivity index (χ0v) is 10.6. The Morgan fingerprint density at radius 2 is 1.81 bits per heavy atom. The molecule has 2 rings (SSSR count). The first kappa shape index (κ1) is 11.4. The fourth-order valence-corrected chi connectivity index (χ4v) is 2.45. The third kappa shape index (κ3) is 1.91. The normalized spacial score (nSPS) is 24.2. The van der Waals surface area contributed by atoms with E-state index in [2.05, 4.69) is 45.9 Å². The second kappa shape index (κ2) is 3.44. The van der Waals surface area contributed by atoms with Crippen LogP contribution in [0.2, 0.25) is 0 Å². The molecule has 0 amide bonds. The summed E-state index contributed by atoms with van der Waals surface area (Å²) < 4.78 is 0. The van der Waals surface area contributed by atoms with Gasteiger partial charge in [0.15, 0.2) is 0 Å². The van der Waals surface area contributed by atoms with Crippen molar-refractivity contribution in [3.63, 3.8) is 0 Å². The van der Waals surface area contributed by atoms with Crippen LogP contribution in [-0.2, 0) is 23.1 Å². The van der Waals surface area contributed by atoms with E-state index in [4.69, 9.17) is 0 Å². The van der Waals surface area contributed by atoms with Crippen LogP contribution in [0.1, 0.15) is 44.4 Å². The lowest BCUT2D eigenvalue weighted by atomic mass is 9.85. The number of fused-ring (bicyclic) bond motifs is 1. The van der Waals surface area contributed by atoms with Crippen molar-refractivity contribution in [2.24, 2.45) is 5.41 Å². The Balaban J connectivity index is 2.38. The molecule has 0 fully saturated rings. The molecule has 0 saturated carbocycles. The van der Waals surface area contributed by atoms with Gasteiger partial charge in [0.05, 0.1) is 0 Å². The summed E-state index contributed by atoms with van der Waals surface area (Å²) in [6, 6.07) is 6.68. The molecule has 0 unspecified atom stereocenters. The SMILES string of the molecule is CC(C)(C)c1ccc2c(c1)C[C@@](C)(C=O)C2. The van der Waals surface area contributed by atoms with E-state index in [-0.39, 0.29) is 10.8 Å². The third-order valence-electron chi connectivity index (χ3n) is 3.55. The minimum absolute atomic E-state index is 0.168. The van der Waals surface area contributed by atoms with Crippen LogP contribution in [0.3, 0.4) is 0 Å². The van der Waals surface area contributed by atoms with E-state index in [1.165, 1.54) is 16.7 Å². The van der Waals surface area contributed by atoms with E-state index in [0.717, 1.165) is 19.1 Å². The van der Waals surface area contributed by atoms with Crippen LogP contribution in [0.15, 0.2) is 18.2 Å². The van der Waals surface area contributed by atoms with Gasteiger partial charge in [-0.1, -0.05) is 45.9 Å². The van der Waals surface area contributed by atoms with Crippen molar-refractivity contribution in [1.29, 1.82) is 0 Å². The molecule has 0 N–H and O–H groups in total. The molecule has 1 aliphatic rings. The zero-order chi connectivity index (χ0) is 12.0. The summed E-state index contributed by atoms with van der Waals surface area (Å²) in [4.78, 5) is 11.1. The summed E-state index contributed by atoms with van der Waals surface area (Å²) >= 11 is 0. The fraction of sp³-hybridized carbons (Fsp3) is 0.533. The minimum atomic E-state index is -0.168. The van der Waals surface area contributed by atoms with Crippen molar-refractivity contribution in [2.75, 3.05) is 0 Å². The van der Waals surface area contributed by atoms with Crippen molar-refractivity contribution in [3.05, 3.63) is 34.9 Å². The third-order valence-corrected chi connectivity index (χ3v) is 3.55. The van der Waals surface area contributed by atoms with Crippen LogP contribution in [-0.4, -0.2) is 6.29 Å². The number of carbonyl (C=O) groups is 1. The number of rotatable bonds is 1. The lowest BCUT2D eigenvalue weighted by Crippen LogP contribution is -2.17. The van der Waals surface area contributed by atoms with Gasteiger partial charge in [0, 0.05) is 5.41 Å². The smallest absolute Gasteiger partial charge is 0.126 e. The molecule has 0 radical (unpaired) electrons. The molecule has 0 aromatic heterocycles. The second-order valence-electron chi connectivity index (χ2n) is 6.36. The molecular formula is C15H20O. The standard InChI is InChI=1S/C15H20O/c1-14(2,3)13-6-5-11-8-15(4,10-16)9-12(11)7-13/h5-7,10H,8-9H2,1-4H3/t15-/m0/s1. The van der Waals surface area contributed by atoms with Crippen molar-refractivity contribution in [3.8, 4) is 0 Å². The molecule has 0 aliphatic heterocycles. The van der Waals surface area contributed by atoms with Gasteiger partial charge >= 0.3 is 0 Å². The maximum absolute atomic E-state index is 11.1. The van der Waals surface area contributed by atoms with Crippen LogP contribution in [0.25, 0.3) is 0 Å². The maximum Gasteiger partial charge on any atom is 0.126 e. The molecule has 1 atom stereocenters. The summed E-state index contributed by atoms with van der Waals surface area (Å²) in [5.41, 5.74) is 4.10. The van der Waals surface area contributed by atoms with E-state index >= 15 is 0 Å². The Bertz CT molecular complexity index is 426. The molecule has 0 heterocycles. The minimum Gasteiger partial charge on any atom is -0.303 e. The van der Waals surface area contributed by atoms with Gasteiger partial charge in [-0.2, -0.15) is 0 Å². The molecule has 0 saturated heterocycles. The van der Waals surface area contributed by atoms with Gasteiger partial charge in [0.25, 0.3) is 0 Å². The molecule has 1 aromatic carbocycles. The highest BCUT2D eigenvalue weighted by molar-refractivity contribution is 5.63. The molecule has 0 bridgehead atoms. The summed E-state index contributed by atoms with van der Waals surface area (Å²) in [6.07, 6.45) is 2.91. The van der Waals surface area contributed by atoms with Crippen LogP contribution < -0.4 is 0 Å². The summed E-state index contributed by atoms with van der Waals surface area (Å²) in [7, 11) is 0. The van der Waals surface area contributed by atoms with Crippen LogP contribution >= 0.6 is 0 Å². The molecule has 86 valence electrons. The second-order valence-corrected chi connectivity index (χ2v) is 6.36. The lowest BCUT2D eigenvalue weighted by molar-refractivity contribution is -0.115. The number of carbonyl (C=O) groups excluding carboxylic acids is 1. The fourth-order valence-electron chi connectivity index (χ4n) is 2.45. The van der Waals surface area contributed by atoms with Crippen molar-refractivity contribution in [2.45, 2.75) is 46.0 Å². The van der Waals surface area contributed by atoms with Gasteiger partial charge in [-0.25, -0.2) is 0 Å². The summed E-state index contributed by atoms with van der Waals surface area (Å²) in [5.74, 6) is 0. The van der Waals surface area contributed by atoms with Crippen molar-refractivity contribution >= 4 is 6.29 Å². The first-order valence-electron chi connectivity index (χ1n) is 5.93. The number of hydrogen-bond acceptors (Lipinski definition) is 1. The highest BCUT2D eigenvalue weighted by atomic mass is 16.1. The zero-order valence-electron chi connectivity index (χ0n) is 10.6. The molecule has 1 heteroatoms. The molecular weight excluding hydrogens is 196 g/mol. The molecule has 1 aromatic rings. The average molecular weight is 216 g/mol. The van der Waals surface area contributed by atoms with E-state index in [1.807, 2.05) is 0 Å². The van der Waals surface area contributed by atoms with E-state index in [0.29, 0.717) is 0 Å². The monoisotopic (exact) mass is 216 g/mol. The molecule has 1 aliphatic carbocycles. The van der Waals surface area contributed by atoms with E-state index in [9.17, 15) is 4.79 Å². The predicted octanol–water partition coefficient (Wildman–Crippen LogP) is 3.29. The van der Waals surface area contributed by atoms with Gasteiger partial charge in [-0.05, 0) is 34.9 Å². The highest BCUT2D eigenvalue weighted by Crippen LogP contribution is 2.37. The Morgan fingerprint density at radius 1 is 1.19 bits per heavy atom. The van der Waals surface area contributed by atoms with Crippen LogP contribution in [0, 0.1) is 5.41 Å². The van der Waals surface area contributed by atoms with Gasteiger partial charge in [0.1, 0.15) is 6.29 Å². The Kier molecular flexibility index (Phi) is 2.45. The number of benzene rings is 1. The average Bonchev–Trinajstić information content (AvgIpc) is 2.52. The topological polar surface area (TPSA) is 17.1 Å². The Morgan fingerprint density at radius 3 is 2.38 bits per heavy atom. The highest BCUT2D eigenvalue weighted by Gasteiger charge is 2.33. The Hall–Kier alpha value is -1.11. The quantitative estimate of drug-likeness (QED) is 0.658. The summed E-state index contributed by atoms with van der Waals surface area (Å²) in [5, 5.41) is 0. The predicted molar refractivity (Wildman–Crippen MR) is 66.7 cm³/mol. The van der Waals surface area contributed by atoms with Crippen LogP contribution in [0.5, 0.6) is 0 Å². The maximum atomic E-state index is 11.1. The van der Waals surface area contributed by atoms with Gasteiger partial charge < -0.3 is 4.79 Å². The number of aldehydes is 1. The van der Waals surface area contributed by atoms with Gasteiger partial charge in [0.2, 0.25) is 0 Å². The molecule has 0 spiro atoms. The Labute approximate surface area is 97.9 Å². The first-order valence-corrected chi connectivity index (χ1v) is 5.93. The largest absolute Gasteiger partial charge is 0.303 e. The van der Waals surface area contributed by atoms with Crippen molar-refractivity contribution in [1.82, 2.24) is 0 Å². The van der Waals surface area contributed by atoms with Gasteiger partial charge in [-0.15, -0.1) is 0 Å². The van der Waals surface area contributed by atoms with Crippen molar-refractivity contribution < 1.29 is 4.79 Å². The van der Waals surface area contributed by atoms with Crippen LogP contribution in [0.4, 0.5) is 0 Å². The number of hydrogen-bond donors (Lipinski definition) is 0.